The minimum Gasteiger partial charge on any atom is -0.352 e. The highest BCUT2D eigenvalue weighted by molar-refractivity contribution is 6.00. The number of nitrogens with zero attached hydrogens (tertiary/aromatic N) is 4. The molecule has 8 heteroatoms. The maximum Gasteiger partial charge on any atom is 0.135 e. The van der Waals surface area contributed by atoms with Gasteiger partial charge in [0.25, 0.3) is 0 Å². The number of hydrogen-bond acceptors (Lipinski definition) is 5. The van der Waals surface area contributed by atoms with Crippen molar-refractivity contribution in [1.29, 1.82) is 0 Å². The van der Waals surface area contributed by atoms with Crippen molar-refractivity contribution in [2.75, 3.05) is 26.2 Å². The summed E-state index contributed by atoms with van der Waals surface area (Å²) in [6.45, 7) is 10.9. The number of aromatic nitrogens is 5. The van der Waals surface area contributed by atoms with E-state index in [2.05, 4.69) is 73.4 Å². The average molecular weight is 652 g/mol. The molecular weight excluding hydrogens is 609 g/mol. The van der Waals surface area contributed by atoms with Gasteiger partial charge in [0.05, 0.1) is 28.6 Å². The molecular formula is C41H42FN7. The number of aryl methyl sites for hydroxylation is 1. The molecule has 0 saturated carbocycles. The minimum atomic E-state index is -0.225. The predicted octanol–water partition coefficient (Wildman–Crippen LogP) is 8.64. The van der Waals surface area contributed by atoms with E-state index in [1.807, 2.05) is 49.5 Å². The molecule has 0 bridgehead atoms. The van der Waals surface area contributed by atoms with Gasteiger partial charge in [-0.15, -0.1) is 0 Å². The molecule has 0 amide bonds. The number of halogens is 1. The molecule has 1 aliphatic heterocycles. The van der Waals surface area contributed by atoms with Crippen LogP contribution in [0.1, 0.15) is 43.0 Å². The molecule has 0 radical (unpaired) electrons. The molecule has 7 rings (SSSR count). The Morgan fingerprint density at radius 2 is 1.86 bits per heavy atom. The number of fused-ring (bicyclic) bond motifs is 2. The second-order valence-electron chi connectivity index (χ2n) is 12.8. The summed E-state index contributed by atoms with van der Waals surface area (Å²) in [7, 11) is 0. The van der Waals surface area contributed by atoms with Gasteiger partial charge >= 0.3 is 0 Å². The van der Waals surface area contributed by atoms with Gasteiger partial charge in [-0.05, 0) is 116 Å². The lowest BCUT2D eigenvalue weighted by atomic mass is 9.99. The lowest BCUT2D eigenvalue weighted by molar-refractivity contribution is 0.334. The van der Waals surface area contributed by atoms with Gasteiger partial charge in [0.1, 0.15) is 17.0 Å². The Labute approximate surface area is 286 Å². The Morgan fingerprint density at radius 1 is 1.00 bits per heavy atom. The van der Waals surface area contributed by atoms with Gasteiger partial charge in [0, 0.05) is 30.2 Å². The molecule has 0 atom stereocenters. The number of likely N-dealkylation sites (tertiary alicyclic amines) is 1. The SMILES string of the molecule is C=C/C(=C\C(=C/C)c1ccc2[nH]nc(-c3cc4c(-c5cc(F)cc(CCCN6CCCC6)c5)cncc4[nH]3)c2n1)CNCc1ccccc1. The third kappa shape index (κ3) is 7.46. The van der Waals surface area contributed by atoms with Crippen molar-refractivity contribution in [2.24, 2.45) is 0 Å². The Kier molecular flexibility index (Phi) is 9.86. The van der Waals surface area contributed by atoms with E-state index in [1.54, 1.807) is 18.3 Å². The highest BCUT2D eigenvalue weighted by Crippen LogP contribution is 2.34. The molecule has 0 spiro atoms. The fourth-order valence-corrected chi connectivity index (χ4v) is 6.75. The molecule has 4 aromatic heterocycles. The number of allylic oxidation sites excluding steroid dienone is 3. The van der Waals surface area contributed by atoms with Gasteiger partial charge in [-0.25, -0.2) is 9.37 Å². The fourth-order valence-electron chi connectivity index (χ4n) is 6.75. The molecule has 1 fully saturated rings. The normalized spacial score (nSPS) is 14.3. The zero-order valence-corrected chi connectivity index (χ0v) is 28.0. The van der Waals surface area contributed by atoms with Crippen LogP contribution in [0.5, 0.6) is 0 Å². The number of H-pyrrole nitrogens is 2. The van der Waals surface area contributed by atoms with Crippen LogP contribution in [0.25, 0.3) is 50.0 Å². The zero-order valence-electron chi connectivity index (χ0n) is 28.0. The van der Waals surface area contributed by atoms with E-state index in [0.29, 0.717) is 12.2 Å². The standard InChI is InChI=1S/C41H42FN7/c1-3-28(24-43-25-29-11-6-5-7-12-29)19-31(4-2)36-14-15-37-40(46-36)41(48-47-37)38-23-34-35(26-44-27-39(34)45-38)32-20-30(21-33(42)22-32)13-10-18-49-16-8-9-17-49/h3-7,11-12,14-15,19-23,26-27,43,45H,1,8-10,13,16-18,24-25H2,2H3,(H,47,48)/b28-19+,31-4+. The predicted molar refractivity (Wildman–Crippen MR) is 198 cm³/mol. The first-order valence-electron chi connectivity index (χ1n) is 17.2. The fraction of sp³-hybridized carbons (Fsp3) is 0.244. The molecule has 5 heterocycles. The molecule has 49 heavy (non-hydrogen) atoms. The third-order valence-corrected chi connectivity index (χ3v) is 9.33. The summed E-state index contributed by atoms with van der Waals surface area (Å²) in [4.78, 5) is 15.6. The Morgan fingerprint density at radius 3 is 2.67 bits per heavy atom. The molecule has 1 saturated heterocycles. The number of pyridine rings is 2. The molecule has 0 aliphatic carbocycles. The van der Waals surface area contributed by atoms with Gasteiger partial charge in [-0.3, -0.25) is 10.1 Å². The van der Waals surface area contributed by atoms with E-state index in [0.717, 1.165) is 87.1 Å². The zero-order chi connectivity index (χ0) is 33.6. The minimum absolute atomic E-state index is 0.225. The van der Waals surface area contributed by atoms with Crippen LogP contribution in [0, 0.1) is 5.82 Å². The first kappa shape index (κ1) is 32.4. The second kappa shape index (κ2) is 14.9. The maximum absolute atomic E-state index is 14.9. The Balaban J connectivity index is 1.14. The van der Waals surface area contributed by atoms with E-state index < -0.39 is 0 Å². The van der Waals surface area contributed by atoms with Crippen molar-refractivity contribution in [3.8, 4) is 22.5 Å². The van der Waals surface area contributed by atoms with Crippen LogP contribution in [0.2, 0.25) is 0 Å². The molecule has 6 aromatic rings. The summed E-state index contributed by atoms with van der Waals surface area (Å²) >= 11 is 0. The summed E-state index contributed by atoms with van der Waals surface area (Å²) in [5, 5.41) is 12.3. The van der Waals surface area contributed by atoms with E-state index in [9.17, 15) is 4.39 Å². The molecule has 7 nitrogen and oxygen atoms in total. The van der Waals surface area contributed by atoms with Gasteiger partial charge in [-0.1, -0.05) is 55.1 Å². The summed E-state index contributed by atoms with van der Waals surface area (Å²) in [6.07, 6.45) is 14.1. The van der Waals surface area contributed by atoms with Gasteiger partial charge < -0.3 is 15.2 Å². The molecule has 2 aromatic carbocycles. The van der Waals surface area contributed by atoms with E-state index in [-0.39, 0.29) is 5.82 Å². The van der Waals surface area contributed by atoms with Crippen LogP contribution in [0.3, 0.4) is 0 Å². The lowest BCUT2D eigenvalue weighted by Gasteiger charge is -2.14. The van der Waals surface area contributed by atoms with Crippen LogP contribution in [-0.4, -0.2) is 56.2 Å². The van der Waals surface area contributed by atoms with E-state index in [1.165, 1.54) is 31.5 Å². The van der Waals surface area contributed by atoms with Crippen molar-refractivity contribution < 1.29 is 4.39 Å². The Bertz CT molecular complexity index is 2130. The average Bonchev–Trinajstić information content (AvgIpc) is 3.90. The van der Waals surface area contributed by atoms with Crippen molar-refractivity contribution in [3.05, 3.63) is 132 Å². The largest absolute Gasteiger partial charge is 0.352 e. The number of nitrogens with one attached hydrogen (secondary N) is 3. The Hall–Kier alpha value is -5.18. The number of hydrogen-bond donors (Lipinski definition) is 3. The number of benzene rings is 2. The van der Waals surface area contributed by atoms with Crippen LogP contribution in [0.15, 0.2) is 110 Å². The van der Waals surface area contributed by atoms with Crippen molar-refractivity contribution >= 4 is 27.5 Å². The van der Waals surface area contributed by atoms with Crippen molar-refractivity contribution in [2.45, 2.75) is 39.2 Å². The van der Waals surface area contributed by atoms with Gasteiger partial charge in [-0.2, -0.15) is 5.10 Å². The van der Waals surface area contributed by atoms with Crippen LogP contribution >= 0.6 is 0 Å². The van der Waals surface area contributed by atoms with Crippen molar-refractivity contribution in [1.82, 2.24) is 35.4 Å². The monoisotopic (exact) mass is 651 g/mol. The van der Waals surface area contributed by atoms with E-state index in [4.69, 9.17) is 4.98 Å². The maximum atomic E-state index is 14.9. The molecule has 0 unspecified atom stereocenters. The number of rotatable bonds is 13. The molecule has 1 aliphatic rings. The first-order chi connectivity index (χ1) is 24.1. The van der Waals surface area contributed by atoms with Crippen LogP contribution in [0.4, 0.5) is 4.39 Å². The second-order valence-corrected chi connectivity index (χ2v) is 12.8. The quantitative estimate of drug-likeness (QED) is 0.109. The van der Waals surface area contributed by atoms with Crippen LogP contribution in [-0.2, 0) is 13.0 Å². The molecule has 248 valence electrons. The topological polar surface area (TPSA) is 85.5 Å². The van der Waals surface area contributed by atoms with Gasteiger partial charge in [0.15, 0.2) is 0 Å². The highest BCUT2D eigenvalue weighted by atomic mass is 19.1. The van der Waals surface area contributed by atoms with Gasteiger partial charge in [0.2, 0.25) is 0 Å². The number of aromatic amines is 2. The summed E-state index contributed by atoms with van der Waals surface area (Å²) in [6, 6.07) is 21.8. The van der Waals surface area contributed by atoms with E-state index >= 15 is 0 Å². The van der Waals surface area contributed by atoms with Crippen molar-refractivity contribution in [3.63, 3.8) is 0 Å². The summed E-state index contributed by atoms with van der Waals surface area (Å²) in [5.74, 6) is -0.225. The molecule has 3 N–H and O–H groups in total. The smallest absolute Gasteiger partial charge is 0.135 e. The first-order valence-corrected chi connectivity index (χ1v) is 17.2. The lowest BCUT2D eigenvalue weighted by Crippen LogP contribution is -2.20. The highest BCUT2D eigenvalue weighted by Gasteiger charge is 2.17. The summed E-state index contributed by atoms with van der Waals surface area (Å²) < 4.78 is 14.9. The summed E-state index contributed by atoms with van der Waals surface area (Å²) in [5.41, 5.74) is 10.9. The third-order valence-electron chi connectivity index (χ3n) is 9.33. The van der Waals surface area contributed by atoms with Crippen LogP contribution < -0.4 is 5.32 Å².